The number of methoxy groups -OCH3 is 1. The maximum Gasteiger partial charge on any atom is 0.161 e. The van der Waals surface area contributed by atoms with Gasteiger partial charge < -0.3 is 9.84 Å². The number of aromatic hydroxyl groups is 1. The highest BCUT2D eigenvalue weighted by Crippen LogP contribution is 2.36. The van der Waals surface area contributed by atoms with E-state index in [0.29, 0.717) is 10.8 Å². The number of hydrogen-bond donors (Lipinski definition) is 1. The zero-order valence-electron chi connectivity index (χ0n) is 10.1. The van der Waals surface area contributed by atoms with E-state index >= 15 is 0 Å². The van der Waals surface area contributed by atoms with E-state index in [1.54, 1.807) is 23.5 Å². The van der Waals surface area contributed by atoms with Gasteiger partial charge in [-0.3, -0.25) is 0 Å². The summed E-state index contributed by atoms with van der Waals surface area (Å²) >= 11 is 7.68. The molecule has 0 atom stereocenters. The van der Waals surface area contributed by atoms with E-state index in [9.17, 15) is 5.11 Å². The molecule has 0 spiro atoms. The van der Waals surface area contributed by atoms with Crippen molar-refractivity contribution in [3.63, 3.8) is 0 Å². The van der Waals surface area contributed by atoms with Crippen LogP contribution in [-0.4, -0.2) is 17.2 Å². The summed E-state index contributed by atoms with van der Waals surface area (Å²) in [6, 6.07) is 10.9. The lowest BCUT2D eigenvalue weighted by Crippen LogP contribution is -1.84. The molecule has 96 valence electrons. The number of phenolic OH excluding ortho intramolecular Hbond substituents is 1. The highest BCUT2D eigenvalue weighted by Gasteiger charge is 2.11. The summed E-state index contributed by atoms with van der Waals surface area (Å²) < 4.78 is 6.14. The Morgan fingerprint density at radius 1 is 1.26 bits per heavy atom. The Kier molecular flexibility index (Phi) is 3.05. The highest BCUT2D eigenvalue weighted by atomic mass is 35.5. The van der Waals surface area contributed by atoms with Gasteiger partial charge in [-0.25, -0.2) is 4.98 Å². The first kappa shape index (κ1) is 12.3. The van der Waals surface area contributed by atoms with Crippen molar-refractivity contribution in [3.05, 3.63) is 41.4 Å². The number of fused-ring (bicyclic) bond motifs is 1. The predicted octanol–water partition coefficient (Wildman–Crippen LogP) is 4.33. The van der Waals surface area contributed by atoms with Crippen LogP contribution in [0.5, 0.6) is 11.5 Å². The summed E-state index contributed by atoms with van der Waals surface area (Å²) in [6.07, 6.45) is 0. The fourth-order valence-electron chi connectivity index (χ4n) is 1.85. The molecule has 0 aliphatic carbocycles. The Labute approximate surface area is 119 Å². The summed E-state index contributed by atoms with van der Waals surface area (Å²) in [4.78, 5) is 4.54. The number of para-hydroxylation sites is 1. The molecule has 3 aromatic rings. The molecule has 3 nitrogen and oxygen atoms in total. The molecular formula is C14H10ClNO2S. The molecule has 19 heavy (non-hydrogen) atoms. The van der Waals surface area contributed by atoms with E-state index in [1.165, 1.54) is 7.11 Å². The van der Waals surface area contributed by atoms with Crippen molar-refractivity contribution in [3.8, 4) is 22.1 Å². The SMILES string of the molecule is COc1cc(-c2nc3c(Cl)cccc3s2)ccc1O. The quantitative estimate of drug-likeness (QED) is 0.764. The minimum absolute atomic E-state index is 0.116. The Morgan fingerprint density at radius 2 is 2.11 bits per heavy atom. The summed E-state index contributed by atoms with van der Waals surface area (Å²) in [5.41, 5.74) is 1.70. The second kappa shape index (κ2) is 4.72. The lowest BCUT2D eigenvalue weighted by Gasteiger charge is -2.04. The van der Waals surface area contributed by atoms with E-state index in [1.807, 2.05) is 24.3 Å². The van der Waals surface area contributed by atoms with Gasteiger partial charge in [0.1, 0.15) is 10.5 Å². The van der Waals surface area contributed by atoms with Gasteiger partial charge in [-0.15, -0.1) is 11.3 Å². The lowest BCUT2D eigenvalue weighted by molar-refractivity contribution is 0.373. The monoisotopic (exact) mass is 291 g/mol. The topological polar surface area (TPSA) is 42.4 Å². The molecule has 1 heterocycles. The number of halogens is 1. The third kappa shape index (κ3) is 2.13. The van der Waals surface area contributed by atoms with Crippen LogP contribution in [0.15, 0.2) is 36.4 Å². The van der Waals surface area contributed by atoms with E-state index < -0.39 is 0 Å². The smallest absolute Gasteiger partial charge is 0.161 e. The predicted molar refractivity (Wildman–Crippen MR) is 78.3 cm³/mol. The second-order valence-corrected chi connectivity index (χ2v) is 5.43. The molecule has 2 aromatic carbocycles. The lowest BCUT2D eigenvalue weighted by atomic mass is 10.2. The largest absolute Gasteiger partial charge is 0.504 e. The molecule has 3 rings (SSSR count). The molecule has 0 amide bonds. The first-order chi connectivity index (χ1) is 9.19. The van der Waals surface area contributed by atoms with Crippen molar-refractivity contribution in [2.75, 3.05) is 7.11 Å². The Hall–Kier alpha value is -1.78. The van der Waals surface area contributed by atoms with Gasteiger partial charge in [0.15, 0.2) is 11.5 Å². The van der Waals surface area contributed by atoms with E-state index in [0.717, 1.165) is 20.8 Å². The Balaban J connectivity index is 2.16. The molecule has 5 heteroatoms. The highest BCUT2D eigenvalue weighted by molar-refractivity contribution is 7.21. The standard InChI is InChI=1S/C14H10ClNO2S/c1-18-11-7-8(5-6-10(11)17)14-16-13-9(15)3-2-4-12(13)19-14/h2-7,17H,1H3. The number of phenols is 1. The molecule has 0 fully saturated rings. The number of nitrogens with zero attached hydrogens (tertiary/aromatic N) is 1. The van der Waals surface area contributed by atoms with Crippen LogP contribution in [0.1, 0.15) is 0 Å². The van der Waals surface area contributed by atoms with E-state index in [-0.39, 0.29) is 5.75 Å². The van der Waals surface area contributed by atoms with Gasteiger partial charge >= 0.3 is 0 Å². The van der Waals surface area contributed by atoms with Crippen molar-refractivity contribution in [2.24, 2.45) is 0 Å². The average molecular weight is 292 g/mol. The maximum absolute atomic E-state index is 9.60. The molecule has 0 aliphatic rings. The van der Waals surface area contributed by atoms with Gasteiger partial charge in [0.05, 0.1) is 16.8 Å². The molecule has 0 aliphatic heterocycles. The summed E-state index contributed by atoms with van der Waals surface area (Å²) in [5.74, 6) is 0.549. The van der Waals surface area contributed by atoms with E-state index in [2.05, 4.69) is 4.98 Å². The number of ether oxygens (including phenoxy) is 1. The summed E-state index contributed by atoms with van der Waals surface area (Å²) in [5, 5.41) is 11.1. The fraction of sp³-hybridized carbons (Fsp3) is 0.0714. The third-order valence-corrected chi connectivity index (χ3v) is 4.17. The summed E-state index contributed by atoms with van der Waals surface area (Å²) in [6.45, 7) is 0. The van der Waals surface area contributed by atoms with Crippen molar-refractivity contribution in [2.45, 2.75) is 0 Å². The molecule has 0 radical (unpaired) electrons. The number of benzene rings is 2. The molecule has 0 saturated carbocycles. The number of rotatable bonds is 2. The number of thiazole rings is 1. The van der Waals surface area contributed by atoms with Crippen molar-refractivity contribution in [1.29, 1.82) is 0 Å². The normalized spacial score (nSPS) is 10.8. The number of hydrogen-bond acceptors (Lipinski definition) is 4. The van der Waals surface area contributed by atoms with Crippen LogP contribution in [0.25, 0.3) is 20.8 Å². The first-order valence-corrected chi connectivity index (χ1v) is 6.81. The first-order valence-electron chi connectivity index (χ1n) is 5.61. The van der Waals surface area contributed by atoms with Gasteiger partial charge in [0, 0.05) is 5.56 Å². The van der Waals surface area contributed by atoms with Crippen LogP contribution in [0.2, 0.25) is 5.02 Å². The van der Waals surface area contributed by atoms with Gasteiger partial charge in [0.2, 0.25) is 0 Å². The van der Waals surface area contributed by atoms with Crippen LogP contribution in [0, 0.1) is 0 Å². The Morgan fingerprint density at radius 3 is 2.84 bits per heavy atom. The second-order valence-electron chi connectivity index (χ2n) is 3.99. The minimum atomic E-state index is 0.116. The average Bonchev–Trinajstić information content (AvgIpc) is 2.85. The van der Waals surface area contributed by atoms with Crippen LogP contribution in [0.4, 0.5) is 0 Å². The fourth-order valence-corrected chi connectivity index (χ4v) is 3.11. The van der Waals surface area contributed by atoms with Gasteiger partial charge in [-0.05, 0) is 30.3 Å². The number of aromatic nitrogens is 1. The van der Waals surface area contributed by atoms with E-state index in [4.69, 9.17) is 16.3 Å². The van der Waals surface area contributed by atoms with Gasteiger partial charge in [-0.1, -0.05) is 17.7 Å². The van der Waals surface area contributed by atoms with Crippen molar-refractivity contribution < 1.29 is 9.84 Å². The molecule has 0 bridgehead atoms. The Bertz CT molecular complexity index is 754. The third-order valence-electron chi connectivity index (χ3n) is 2.80. The van der Waals surface area contributed by atoms with Crippen molar-refractivity contribution in [1.82, 2.24) is 4.98 Å². The maximum atomic E-state index is 9.60. The van der Waals surface area contributed by atoms with Crippen LogP contribution in [-0.2, 0) is 0 Å². The van der Waals surface area contributed by atoms with Gasteiger partial charge in [0.25, 0.3) is 0 Å². The molecular weight excluding hydrogens is 282 g/mol. The summed E-state index contributed by atoms with van der Waals surface area (Å²) in [7, 11) is 1.52. The molecule has 0 unspecified atom stereocenters. The van der Waals surface area contributed by atoms with Gasteiger partial charge in [-0.2, -0.15) is 0 Å². The molecule has 0 saturated heterocycles. The van der Waals surface area contributed by atoms with Crippen LogP contribution in [0.3, 0.4) is 0 Å². The molecule has 1 aromatic heterocycles. The van der Waals surface area contributed by atoms with Crippen molar-refractivity contribution >= 4 is 33.2 Å². The minimum Gasteiger partial charge on any atom is -0.504 e. The zero-order chi connectivity index (χ0) is 13.4. The van der Waals surface area contributed by atoms with Crippen LogP contribution >= 0.6 is 22.9 Å². The van der Waals surface area contributed by atoms with Crippen LogP contribution < -0.4 is 4.74 Å². The zero-order valence-corrected chi connectivity index (χ0v) is 11.6. The molecule has 1 N–H and O–H groups in total.